The van der Waals surface area contributed by atoms with E-state index in [-0.39, 0.29) is 0 Å². The van der Waals surface area contributed by atoms with Crippen LogP contribution in [0.1, 0.15) is 6.42 Å². The molecule has 1 saturated heterocycles. The Bertz CT molecular complexity index is 853. The van der Waals surface area contributed by atoms with Crippen molar-refractivity contribution in [1.82, 2.24) is 4.90 Å². The third-order valence-corrected chi connectivity index (χ3v) is 5.35. The van der Waals surface area contributed by atoms with Crippen molar-refractivity contribution in [3.8, 4) is 11.5 Å². The Morgan fingerprint density at radius 2 is 1.83 bits per heavy atom. The lowest BCUT2D eigenvalue weighted by molar-refractivity contribution is 0.256. The first kappa shape index (κ1) is 22.1. The van der Waals surface area contributed by atoms with Crippen LogP contribution in [0.5, 0.6) is 11.5 Å². The Hall–Kier alpha value is -2.64. The van der Waals surface area contributed by atoms with Crippen molar-refractivity contribution in [2.45, 2.75) is 6.42 Å². The minimum Gasteiger partial charge on any atom is -0.493 e. The molecule has 1 fully saturated rings. The van der Waals surface area contributed by atoms with E-state index in [1.807, 2.05) is 36.4 Å². The van der Waals surface area contributed by atoms with E-state index < -0.39 is 0 Å². The quantitative estimate of drug-likeness (QED) is 0.379. The van der Waals surface area contributed by atoms with Crippen LogP contribution in [0.15, 0.2) is 47.5 Å². The standard InChI is InChI=1S/C22H30ClN5O2/c1-29-20-8-7-18(16-21(20)30-2)26-22(24)25-9-4-10-27-11-13-28(14-12-27)19-6-3-5-17(23)15-19/h3,5-8,15-16H,4,9-14H2,1-2H3,(H3,24,25,26). The van der Waals surface area contributed by atoms with E-state index in [1.165, 1.54) is 5.69 Å². The van der Waals surface area contributed by atoms with Gasteiger partial charge in [-0.2, -0.15) is 0 Å². The number of rotatable bonds is 8. The van der Waals surface area contributed by atoms with E-state index in [4.69, 9.17) is 26.8 Å². The molecule has 0 atom stereocenters. The molecular weight excluding hydrogens is 402 g/mol. The number of nitrogens with two attached hydrogens (primary N) is 1. The summed E-state index contributed by atoms with van der Waals surface area (Å²) in [7, 11) is 3.21. The fourth-order valence-electron chi connectivity index (χ4n) is 3.50. The second-order valence-electron chi connectivity index (χ2n) is 7.12. The van der Waals surface area contributed by atoms with Gasteiger partial charge in [-0.15, -0.1) is 0 Å². The van der Waals surface area contributed by atoms with E-state index >= 15 is 0 Å². The number of hydrogen-bond donors (Lipinski definition) is 2. The summed E-state index contributed by atoms with van der Waals surface area (Å²) in [5.74, 6) is 1.72. The summed E-state index contributed by atoms with van der Waals surface area (Å²) in [6, 6.07) is 13.6. The third kappa shape index (κ3) is 6.18. The highest BCUT2D eigenvalue weighted by molar-refractivity contribution is 6.30. The van der Waals surface area contributed by atoms with Gasteiger partial charge in [0.1, 0.15) is 0 Å². The Kier molecular flexibility index (Phi) is 8.04. The van der Waals surface area contributed by atoms with Crippen LogP contribution < -0.4 is 25.4 Å². The number of benzene rings is 2. The van der Waals surface area contributed by atoms with Crippen molar-refractivity contribution >= 4 is 28.9 Å². The highest BCUT2D eigenvalue weighted by atomic mass is 35.5. The smallest absolute Gasteiger partial charge is 0.193 e. The molecule has 3 N–H and O–H groups in total. The summed E-state index contributed by atoms with van der Waals surface area (Å²) in [5, 5.41) is 3.88. The molecule has 0 radical (unpaired) electrons. The number of anilines is 2. The number of piperazine rings is 1. The Morgan fingerprint density at radius 1 is 1.07 bits per heavy atom. The van der Waals surface area contributed by atoms with E-state index in [1.54, 1.807) is 14.2 Å². The topological polar surface area (TPSA) is 75.4 Å². The number of methoxy groups -OCH3 is 2. The summed E-state index contributed by atoms with van der Waals surface area (Å²) in [5.41, 5.74) is 8.02. The maximum Gasteiger partial charge on any atom is 0.193 e. The van der Waals surface area contributed by atoms with Crippen molar-refractivity contribution < 1.29 is 9.47 Å². The maximum atomic E-state index is 6.11. The van der Waals surface area contributed by atoms with Crippen molar-refractivity contribution in [1.29, 1.82) is 0 Å². The molecule has 3 rings (SSSR count). The van der Waals surface area contributed by atoms with Crippen LogP contribution in [-0.4, -0.2) is 64.3 Å². The van der Waals surface area contributed by atoms with E-state index in [0.717, 1.165) is 49.9 Å². The second kappa shape index (κ2) is 10.9. The predicted molar refractivity (Wildman–Crippen MR) is 124 cm³/mol. The summed E-state index contributed by atoms with van der Waals surface area (Å²) in [4.78, 5) is 9.28. The zero-order chi connectivity index (χ0) is 21.3. The van der Waals surface area contributed by atoms with Gasteiger partial charge in [-0.1, -0.05) is 17.7 Å². The minimum absolute atomic E-state index is 0.396. The van der Waals surface area contributed by atoms with Crippen molar-refractivity contribution in [3.63, 3.8) is 0 Å². The number of guanidine groups is 1. The third-order valence-electron chi connectivity index (χ3n) is 5.12. The first-order valence-corrected chi connectivity index (χ1v) is 10.5. The van der Waals surface area contributed by atoms with E-state index in [9.17, 15) is 0 Å². The van der Waals surface area contributed by atoms with Crippen LogP contribution in [-0.2, 0) is 0 Å². The lowest BCUT2D eigenvalue weighted by Crippen LogP contribution is -2.46. The molecule has 30 heavy (non-hydrogen) atoms. The van der Waals surface area contributed by atoms with Crippen LogP contribution in [0.4, 0.5) is 11.4 Å². The SMILES string of the molecule is COc1ccc(NC(N)=NCCCN2CCN(c3cccc(Cl)c3)CC2)cc1OC. The van der Waals surface area contributed by atoms with Gasteiger partial charge < -0.3 is 25.4 Å². The predicted octanol–water partition coefficient (Wildman–Crippen LogP) is 3.30. The lowest BCUT2D eigenvalue weighted by Gasteiger charge is -2.36. The van der Waals surface area contributed by atoms with Crippen LogP contribution in [0, 0.1) is 0 Å². The molecule has 2 aromatic carbocycles. The van der Waals surface area contributed by atoms with Crippen molar-refractivity contribution in [2.75, 3.05) is 63.7 Å². The van der Waals surface area contributed by atoms with E-state index in [2.05, 4.69) is 26.2 Å². The fraction of sp³-hybridized carbons (Fsp3) is 0.409. The van der Waals surface area contributed by atoms with Gasteiger partial charge >= 0.3 is 0 Å². The number of aliphatic imine (C=N–C) groups is 1. The zero-order valence-corrected chi connectivity index (χ0v) is 18.4. The fourth-order valence-corrected chi connectivity index (χ4v) is 3.68. The molecule has 7 nitrogen and oxygen atoms in total. The molecule has 0 saturated carbocycles. The van der Waals surface area contributed by atoms with E-state index in [0.29, 0.717) is 24.0 Å². The first-order valence-electron chi connectivity index (χ1n) is 10.1. The maximum absolute atomic E-state index is 6.11. The van der Waals surface area contributed by atoms with Gasteiger partial charge in [0.2, 0.25) is 0 Å². The molecule has 0 aliphatic carbocycles. The molecule has 0 amide bonds. The highest BCUT2D eigenvalue weighted by Crippen LogP contribution is 2.29. The van der Waals surface area contributed by atoms with Gasteiger partial charge in [0, 0.05) is 61.7 Å². The molecule has 2 aromatic rings. The number of hydrogen-bond acceptors (Lipinski definition) is 5. The molecule has 1 heterocycles. The molecule has 1 aliphatic rings. The average molecular weight is 432 g/mol. The van der Waals surface area contributed by atoms with Crippen LogP contribution >= 0.6 is 11.6 Å². The molecule has 0 aromatic heterocycles. The van der Waals surface area contributed by atoms with Crippen molar-refractivity contribution in [3.05, 3.63) is 47.5 Å². The van der Waals surface area contributed by atoms with Gasteiger partial charge in [0.05, 0.1) is 14.2 Å². The largest absolute Gasteiger partial charge is 0.493 e. The number of ether oxygens (including phenoxy) is 2. The monoisotopic (exact) mass is 431 g/mol. The normalized spacial score (nSPS) is 15.2. The molecular formula is C22H30ClN5O2. The summed E-state index contributed by atoms with van der Waals surface area (Å²) in [6.07, 6.45) is 0.964. The summed E-state index contributed by atoms with van der Waals surface area (Å²) in [6.45, 7) is 5.78. The Labute approximate surface area is 183 Å². The zero-order valence-electron chi connectivity index (χ0n) is 17.6. The molecule has 0 unspecified atom stereocenters. The number of halogens is 1. The van der Waals surface area contributed by atoms with Gasteiger partial charge in [0.25, 0.3) is 0 Å². The average Bonchev–Trinajstić information content (AvgIpc) is 2.77. The van der Waals surface area contributed by atoms with Crippen LogP contribution in [0.25, 0.3) is 0 Å². The first-order chi connectivity index (χ1) is 14.6. The van der Waals surface area contributed by atoms with Gasteiger partial charge in [-0.3, -0.25) is 9.89 Å². The lowest BCUT2D eigenvalue weighted by atomic mass is 10.2. The summed E-state index contributed by atoms with van der Waals surface area (Å²) >= 11 is 6.11. The van der Waals surface area contributed by atoms with Gasteiger partial charge in [-0.25, -0.2) is 0 Å². The van der Waals surface area contributed by atoms with Crippen molar-refractivity contribution in [2.24, 2.45) is 10.7 Å². The molecule has 0 bridgehead atoms. The molecule has 0 spiro atoms. The van der Waals surface area contributed by atoms with Gasteiger partial charge in [0.15, 0.2) is 17.5 Å². The second-order valence-corrected chi connectivity index (χ2v) is 7.56. The molecule has 162 valence electrons. The minimum atomic E-state index is 0.396. The van der Waals surface area contributed by atoms with Crippen LogP contribution in [0.2, 0.25) is 5.02 Å². The van der Waals surface area contributed by atoms with Crippen LogP contribution in [0.3, 0.4) is 0 Å². The summed E-state index contributed by atoms with van der Waals surface area (Å²) < 4.78 is 10.5. The highest BCUT2D eigenvalue weighted by Gasteiger charge is 2.16. The number of nitrogens with zero attached hydrogens (tertiary/aromatic N) is 3. The Balaban J connectivity index is 1.39. The Morgan fingerprint density at radius 3 is 2.53 bits per heavy atom. The number of nitrogens with one attached hydrogen (secondary N) is 1. The molecule has 8 heteroatoms. The molecule has 1 aliphatic heterocycles. The van der Waals surface area contributed by atoms with Gasteiger partial charge in [-0.05, 0) is 36.8 Å².